The standard InChI is InChI=1S/C12H26N2/c1-10(2)5-7-14-8-6-13-12(9-14)11(3)4/h10-13H,5-9H2,1-4H3. The molecule has 1 aliphatic heterocycles. The fraction of sp³-hybridized carbons (Fsp3) is 1.00. The molecule has 0 aromatic carbocycles. The summed E-state index contributed by atoms with van der Waals surface area (Å²) in [6.45, 7) is 14.2. The molecule has 14 heavy (non-hydrogen) atoms. The Morgan fingerprint density at radius 3 is 2.57 bits per heavy atom. The molecule has 1 atom stereocenters. The van der Waals surface area contributed by atoms with Gasteiger partial charge >= 0.3 is 0 Å². The van der Waals surface area contributed by atoms with Crippen LogP contribution in [0, 0.1) is 11.8 Å². The molecule has 0 spiro atoms. The molecule has 1 aliphatic rings. The molecule has 0 amide bonds. The topological polar surface area (TPSA) is 15.3 Å². The second-order valence-electron chi connectivity index (χ2n) is 5.29. The smallest absolute Gasteiger partial charge is 0.0218 e. The molecular formula is C12H26N2. The summed E-state index contributed by atoms with van der Waals surface area (Å²) in [5.41, 5.74) is 0. The molecule has 84 valence electrons. The normalized spacial score (nSPS) is 24.9. The SMILES string of the molecule is CC(C)CCN1CCNC(C(C)C)C1. The minimum absolute atomic E-state index is 0.705. The minimum atomic E-state index is 0.705. The first-order valence-electron chi connectivity index (χ1n) is 6.05. The maximum atomic E-state index is 3.59. The fourth-order valence-corrected chi connectivity index (χ4v) is 1.93. The van der Waals surface area contributed by atoms with E-state index in [2.05, 4.69) is 37.9 Å². The van der Waals surface area contributed by atoms with E-state index in [0.29, 0.717) is 6.04 Å². The van der Waals surface area contributed by atoms with Gasteiger partial charge in [0, 0.05) is 25.7 Å². The van der Waals surface area contributed by atoms with Crippen molar-refractivity contribution in [2.24, 2.45) is 11.8 Å². The maximum Gasteiger partial charge on any atom is 0.0218 e. The van der Waals surface area contributed by atoms with Crippen molar-refractivity contribution in [3.8, 4) is 0 Å². The predicted octanol–water partition coefficient (Wildman–Crippen LogP) is 1.96. The van der Waals surface area contributed by atoms with Crippen LogP contribution >= 0.6 is 0 Å². The first-order chi connectivity index (χ1) is 6.59. The van der Waals surface area contributed by atoms with Gasteiger partial charge in [-0.1, -0.05) is 27.7 Å². The Labute approximate surface area is 89.1 Å². The van der Waals surface area contributed by atoms with Crippen LogP contribution in [0.2, 0.25) is 0 Å². The third-order valence-electron chi connectivity index (χ3n) is 3.12. The van der Waals surface area contributed by atoms with Crippen LogP contribution in [0.3, 0.4) is 0 Å². The molecule has 1 fully saturated rings. The number of piperazine rings is 1. The van der Waals surface area contributed by atoms with Crippen molar-refractivity contribution in [2.75, 3.05) is 26.2 Å². The van der Waals surface area contributed by atoms with Gasteiger partial charge in [0.05, 0.1) is 0 Å². The minimum Gasteiger partial charge on any atom is -0.311 e. The zero-order valence-corrected chi connectivity index (χ0v) is 10.2. The highest BCUT2D eigenvalue weighted by atomic mass is 15.2. The van der Waals surface area contributed by atoms with E-state index in [-0.39, 0.29) is 0 Å². The lowest BCUT2D eigenvalue weighted by atomic mass is 10.0. The average Bonchev–Trinajstić information content (AvgIpc) is 2.15. The van der Waals surface area contributed by atoms with Gasteiger partial charge in [0.2, 0.25) is 0 Å². The second-order valence-corrected chi connectivity index (χ2v) is 5.29. The van der Waals surface area contributed by atoms with Crippen molar-refractivity contribution in [1.82, 2.24) is 10.2 Å². The van der Waals surface area contributed by atoms with Crippen LogP contribution in [0.5, 0.6) is 0 Å². The van der Waals surface area contributed by atoms with E-state index >= 15 is 0 Å². The number of hydrogen-bond donors (Lipinski definition) is 1. The number of nitrogens with one attached hydrogen (secondary N) is 1. The van der Waals surface area contributed by atoms with Gasteiger partial charge in [-0.3, -0.25) is 0 Å². The molecule has 0 saturated carbocycles. The number of hydrogen-bond acceptors (Lipinski definition) is 2. The Morgan fingerprint density at radius 2 is 2.00 bits per heavy atom. The molecule has 2 heteroatoms. The monoisotopic (exact) mass is 198 g/mol. The van der Waals surface area contributed by atoms with E-state index in [1.807, 2.05) is 0 Å². The average molecular weight is 198 g/mol. The van der Waals surface area contributed by atoms with E-state index in [9.17, 15) is 0 Å². The quantitative estimate of drug-likeness (QED) is 0.743. The Bertz CT molecular complexity index is 154. The summed E-state index contributed by atoms with van der Waals surface area (Å²) in [5.74, 6) is 1.60. The van der Waals surface area contributed by atoms with Gasteiger partial charge in [0.15, 0.2) is 0 Å². The number of rotatable bonds is 4. The second kappa shape index (κ2) is 5.72. The van der Waals surface area contributed by atoms with Crippen molar-refractivity contribution < 1.29 is 0 Å². The summed E-state index contributed by atoms with van der Waals surface area (Å²) in [6, 6.07) is 0.705. The predicted molar refractivity (Wildman–Crippen MR) is 62.5 cm³/mol. The molecule has 1 unspecified atom stereocenters. The highest BCUT2D eigenvalue weighted by Crippen LogP contribution is 2.10. The maximum absolute atomic E-state index is 3.59. The first-order valence-corrected chi connectivity index (χ1v) is 6.05. The van der Waals surface area contributed by atoms with Crippen LogP contribution in [0.25, 0.3) is 0 Å². The summed E-state index contributed by atoms with van der Waals surface area (Å²) in [4.78, 5) is 2.61. The molecule has 1 N–H and O–H groups in total. The molecule has 0 aromatic heterocycles. The van der Waals surface area contributed by atoms with Gasteiger partial charge in [0.1, 0.15) is 0 Å². The lowest BCUT2D eigenvalue weighted by Crippen LogP contribution is -2.53. The third kappa shape index (κ3) is 3.97. The summed E-state index contributed by atoms with van der Waals surface area (Å²) < 4.78 is 0. The van der Waals surface area contributed by atoms with Crippen LogP contribution in [-0.4, -0.2) is 37.1 Å². The van der Waals surface area contributed by atoms with Crippen LogP contribution in [0.4, 0.5) is 0 Å². The first kappa shape index (κ1) is 12.0. The van der Waals surface area contributed by atoms with Crippen molar-refractivity contribution in [3.05, 3.63) is 0 Å². The molecule has 1 saturated heterocycles. The van der Waals surface area contributed by atoms with Crippen molar-refractivity contribution in [3.63, 3.8) is 0 Å². The molecule has 1 rings (SSSR count). The summed E-state index contributed by atoms with van der Waals surface area (Å²) in [7, 11) is 0. The van der Waals surface area contributed by atoms with Gasteiger partial charge in [0.25, 0.3) is 0 Å². The van der Waals surface area contributed by atoms with Gasteiger partial charge in [-0.2, -0.15) is 0 Å². The lowest BCUT2D eigenvalue weighted by Gasteiger charge is -2.36. The molecular weight excluding hydrogens is 172 g/mol. The Kier molecular flexibility index (Phi) is 4.90. The highest BCUT2D eigenvalue weighted by molar-refractivity contribution is 4.80. The molecule has 0 aromatic rings. The van der Waals surface area contributed by atoms with E-state index in [1.54, 1.807) is 0 Å². The number of nitrogens with zero attached hydrogens (tertiary/aromatic N) is 1. The van der Waals surface area contributed by atoms with Gasteiger partial charge in [-0.25, -0.2) is 0 Å². The fourth-order valence-electron chi connectivity index (χ4n) is 1.93. The molecule has 0 bridgehead atoms. The van der Waals surface area contributed by atoms with Crippen molar-refractivity contribution in [1.29, 1.82) is 0 Å². The summed E-state index contributed by atoms with van der Waals surface area (Å²) in [5, 5.41) is 3.59. The summed E-state index contributed by atoms with van der Waals surface area (Å²) in [6.07, 6.45) is 1.34. The van der Waals surface area contributed by atoms with Crippen LogP contribution in [0.1, 0.15) is 34.1 Å². The zero-order valence-electron chi connectivity index (χ0n) is 10.2. The van der Waals surface area contributed by atoms with E-state index in [4.69, 9.17) is 0 Å². The zero-order chi connectivity index (χ0) is 10.6. The highest BCUT2D eigenvalue weighted by Gasteiger charge is 2.21. The largest absolute Gasteiger partial charge is 0.311 e. The Hall–Kier alpha value is -0.0800. The van der Waals surface area contributed by atoms with Gasteiger partial charge in [-0.05, 0) is 24.8 Å². The van der Waals surface area contributed by atoms with E-state index < -0.39 is 0 Å². The molecule has 0 aliphatic carbocycles. The van der Waals surface area contributed by atoms with Crippen LogP contribution < -0.4 is 5.32 Å². The third-order valence-corrected chi connectivity index (χ3v) is 3.12. The van der Waals surface area contributed by atoms with Crippen molar-refractivity contribution in [2.45, 2.75) is 40.2 Å². The molecule has 2 nitrogen and oxygen atoms in total. The summed E-state index contributed by atoms with van der Waals surface area (Å²) >= 11 is 0. The van der Waals surface area contributed by atoms with Gasteiger partial charge < -0.3 is 10.2 Å². The van der Waals surface area contributed by atoms with E-state index in [0.717, 1.165) is 11.8 Å². The lowest BCUT2D eigenvalue weighted by molar-refractivity contribution is 0.168. The Balaban J connectivity index is 2.25. The molecule has 0 radical (unpaired) electrons. The van der Waals surface area contributed by atoms with E-state index in [1.165, 1.54) is 32.6 Å². The van der Waals surface area contributed by atoms with Gasteiger partial charge in [-0.15, -0.1) is 0 Å². The molecule has 1 heterocycles. The van der Waals surface area contributed by atoms with Crippen LogP contribution in [0.15, 0.2) is 0 Å². The Morgan fingerprint density at radius 1 is 1.29 bits per heavy atom. The van der Waals surface area contributed by atoms with Crippen molar-refractivity contribution >= 4 is 0 Å². The van der Waals surface area contributed by atoms with Crippen LogP contribution in [-0.2, 0) is 0 Å².